The fourth-order valence-electron chi connectivity index (χ4n) is 1.59. The van der Waals surface area contributed by atoms with E-state index in [1.807, 2.05) is 43.3 Å². The van der Waals surface area contributed by atoms with Crippen LogP contribution in [0.3, 0.4) is 0 Å². The van der Waals surface area contributed by atoms with Crippen LogP contribution in [0.5, 0.6) is 0 Å². The van der Waals surface area contributed by atoms with Crippen LogP contribution >= 0.6 is 11.3 Å². The van der Waals surface area contributed by atoms with Crippen molar-refractivity contribution in [3.05, 3.63) is 57.3 Å². The Morgan fingerprint density at radius 3 is 2.56 bits per heavy atom. The molecule has 2 rings (SSSR count). The van der Waals surface area contributed by atoms with Crippen molar-refractivity contribution >= 4 is 17.2 Å². The average Bonchev–Trinajstić information content (AvgIpc) is 2.86. The Bertz CT molecular complexity index is 531. The normalized spacial score (nSPS) is 10.3. The second kappa shape index (κ2) is 5.80. The number of amides is 1. The van der Waals surface area contributed by atoms with Crippen LogP contribution in [0.2, 0.25) is 0 Å². The molecular weight excluding hydrogens is 244 g/mol. The molecule has 0 aliphatic heterocycles. The van der Waals surface area contributed by atoms with Crippen molar-refractivity contribution in [1.82, 2.24) is 5.32 Å². The van der Waals surface area contributed by atoms with Crippen molar-refractivity contribution in [2.45, 2.75) is 20.0 Å². The number of rotatable bonds is 4. The van der Waals surface area contributed by atoms with Crippen LogP contribution in [0.4, 0.5) is 0 Å². The Morgan fingerprint density at radius 2 is 1.94 bits per heavy atom. The van der Waals surface area contributed by atoms with Crippen molar-refractivity contribution in [1.29, 1.82) is 0 Å². The van der Waals surface area contributed by atoms with E-state index >= 15 is 0 Å². The molecule has 1 heterocycles. The van der Waals surface area contributed by atoms with Crippen LogP contribution in [-0.2, 0) is 13.1 Å². The highest BCUT2D eigenvalue weighted by atomic mass is 32.1. The van der Waals surface area contributed by atoms with Gasteiger partial charge in [-0.15, -0.1) is 11.3 Å². The fraction of sp³-hybridized carbons (Fsp3) is 0.214. The van der Waals surface area contributed by atoms with Crippen LogP contribution in [0.25, 0.3) is 0 Å². The first-order chi connectivity index (χ1) is 8.69. The number of nitrogens with two attached hydrogens (primary N) is 1. The van der Waals surface area contributed by atoms with Crippen molar-refractivity contribution in [2.75, 3.05) is 0 Å². The molecule has 0 bridgehead atoms. The van der Waals surface area contributed by atoms with Gasteiger partial charge in [-0.3, -0.25) is 4.79 Å². The number of aryl methyl sites for hydroxylation is 1. The summed E-state index contributed by atoms with van der Waals surface area (Å²) >= 11 is 1.44. The molecule has 3 nitrogen and oxygen atoms in total. The first kappa shape index (κ1) is 12.8. The third-order valence-corrected chi connectivity index (χ3v) is 3.77. The Labute approximate surface area is 111 Å². The highest BCUT2D eigenvalue weighted by Crippen LogP contribution is 2.15. The molecule has 1 aromatic heterocycles. The zero-order valence-electron chi connectivity index (χ0n) is 10.3. The lowest BCUT2D eigenvalue weighted by atomic mass is 10.1. The second-order valence-corrected chi connectivity index (χ2v) is 5.31. The SMILES string of the molecule is Cc1ccc(CNC(=O)c2ccc(CN)s2)cc1. The van der Waals surface area contributed by atoms with E-state index in [4.69, 9.17) is 5.73 Å². The molecule has 0 saturated carbocycles. The van der Waals surface area contributed by atoms with Gasteiger partial charge in [-0.1, -0.05) is 29.8 Å². The van der Waals surface area contributed by atoms with Gasteiger partial charge in [0.2, 0.25) is 0 Å². The third-order valence-electron chi connectivity index (χ3n) is 2.66. The zero-order valence-corrected chi connectivity index (χ0v) is 11.1. The topological polar surface area (TPSA) is 55.1 Å². The van der Waals surface area contributed by atoms with Gasteiger partial charge in [0.15, 0.2) is 0 Å². The summed E-state index contributed by atoms with van der Waals surface area (Å²) < 4.78 is 0. The van der Waals surface area contributed by atoms with Crippen molar-refractivity contribution < 1.29 is 4.79 Å². The molecule has 0 fully saturated rings. The maximum atomic E-state index is 11.9. The highest BCUT2D eigenvalue weighted by molar-refractivity contribution is 7.14. The minimum Gasteiger partial charge on any atom is -0.347 e. The molecule has 0 radical (unpaired) electrons. The summed E-state index contributed by atoms with van der Waals surface area (Å²) in [6.45, 7) is 3.08. The monoisotopic (exact) mass is 260 g/mol. The van der Waals surface area contributed by atoms with Crippen LogP contribution in [0.15, 0.2) is 36.4 Å². The fourth-order valence-corrected chi connectivity index (χ4v) is 2.39. The molecule has 18 heavy (non-hydrogen) atoms. The zero-order chi connectivity index (χ0) is 13.0. The van der Waals surface area contributed by atoms with Gasteiger partial charge in [0, 0.05) is 18.0 Å². The van der Waals surface area contributed by atoms with E-state index in [0.29, 0.717) is 18.0 Å². The first-order valence-corrected chi connectivity index (χ1v) is 6.63. The molecule has 0 aliphatic rings. The van der Waals surface area contributed by atoms with Crippen LogP contribution in [-0.4, -0.2) is 5.91 Å². The van der Waals surface area contributed by atoms with Crippen LogP contribution in [0.1, 0.15) is 25.7 Å². The molecule has 0 saturated heterocycles. The maximum Gasteiger partial charge on any atom is 0.261 e. The van der Waals surface area contributed by atoms with Crippen molar-refractivity contribution in [3.8, 4) is 0 Å². The summed E-state index contributed by atoms with van der Waals surface area (Å²) in [6.07, 6.45) is 0. The summed E-state index contributed by atoms with van der Waals surface area (Å²) in [4.78, 5) is 13.6. The van der Waals surface area contributed by atoms with E-state index < -0.39 is 0 Å². The molecule has 0 aliphatic carbocycles. The predicted octanol–water partition coefficient (Wildman–Crippen LogP) is 2.45. The Hall–Kier alpha value is -1.65. The van der Waals surface area contributed by atoms with E-state index in [-0.39, 0.29) is 5.91 Å². The summed E-state index contributed by atoms with van der Waals surface area (Å²) in [5, 5.41) is 2.90. The third kappa shape index (κ3) is 3.18. The molecular formula is C14H16N2OS. The van der Waals surface area contributed by atoms with Crippen LogP contribution < -0.4 is 11.1 Å². The molecule has 4 heteroatoms. The second-order valence-electron chi connectivity index (χ2n) is 4.14. The van der Waals surface area contributed by atoms with Gasteiger partial charge < -0.3 is 11.1 Å². The Morgan fingerprint density at radius 1 is 1.22 bits per heavy atom. The average molecular weight is 260 g/mol. The molecule has 1 amide bonds. The summed E-state index contributed by atoms with van der Waals surface area (Å²) in [5.41, 5.74) is 7.84. The van der Waals surface area contributed by atoms with E-state index in [9.17, 15) is 4.79 Å². The van der Waals surface area contributed by atoms with E-state index in [1.54, 1.807) is 0 Å². The number of benzene rings is 1. The lowest BCUT2D eigenvalue weighted by molar-refractivity contribution is 0.0955. The van der Waals surface area contributed by atoms with Crippen LogP contribution in [0, 0.1) is 6.92 Å². The lowest BCUT2D eigenvalue weighted by Crippen LogP contribution is -2.21. The molecule has 0 spiro atoms. The molecule has 94 valence electrons. The first-order valence-electron chi connectivity index (χ1n) is 5.81. The van der Waals surface area contributed by atoms with Gasteiger partial charge in [-0.05, 0) is 24.6 Å². The van der Waals surface area contributed by atoms with E-state index in [0.717, 1.165) is 10.4 Å². The van der Waals surface area contributed by atoms with E-state index in [2.05, 4.69) is 5.32 Å². The van der Waals surface area contributed by atoms with Gasteiger partial charge >= 0.3 is 0 Å². The van der Waals surface area contributed by atoms with Gasteiger partial charge in [0.25, 0.3) is 5.91 Å². The number of thiophene rings is 1. The summed E-state index contributed by atoms with van der Waals surface area (Å²) in [5.74, 6) is -0.0414. The lowest BCUT2D eigenvalue weighted by Gasteiger charge is -2.04. The summed E-state index contributed by atoms with van der Waals surface area (Å²) in [6, 6.07) is 11.8. The number of carbonyl (C=O) groups excluding carboxylic acids is 1. The molecule has 1 aromatic carbocycles. The molecule has 0 atom stereocenters. The van der Waals surface area contributed by atoms with Gasteiger partial charge in [-0.2, -0.15) is 0 Å². The number of carbonyl (C=O) groups is 1. The standard InChI is InChI=1S/C14H16N2OS/c1-10-2-4-11(5-3-10)9-16-14(17)13-7-6-12(8-15)18-13/h2-7H,8-9,15H2,1H3,(H,16,17). The molecule has 3 N–H and O–H groups in total. The van der Waals surface area contributed by atoms with Crippen molar-refractivity contribution in [3.63, 3.8) is 0 Å². The smallest absolute Gasteiger partial charge is 0.261 e. The highest BCUT2D eigenvalue weighted by Gasteiger charge is 2.08. The van der Waals surface area contributed by atoms with Crippen molar-refractivity contribution in [2.24, 2.45) is 5.73 Å². The minimum absolute atomic E-state index is 0.0414. The summed E-state index contributed by atoms with van der Waals surface area (Å²) in [7, 11) is 0. The number of hydrogen-bond donors (Lipinski definition) is 2. The van der Waals surface area contributed by atoms with E-state index in [1.165, 1.54) is 16.9 Å². The van der Waals surface area contributed by atoms with Gasteiger partial charge in [0.05, 0.1) is 4.88 Å². The van der Waals surface area contributed by atoms with Gasteiger partial charge in [-0.25, -0.2) is 0 Å². The van der Waals surface area contributed by atoms with Gasteiger partial charge in [0.1, 0.15) is 0 Å². The Balaban J connectivity index is 1.93. The quantitative estimate of drug-likeness (QED) is 0.887. The number of nitrogens with one attached hydrogen (secondary N) is 1. The minimum atomic E-state index is -0.0414. The largest absolute Gasteiger partial charge is 0.347 e. The molecule has 2 aromatic rings. The predicted molar refractivity (Wildman–Crippen MR) is 74.6 cm³/mol. The maximum absolute atomic E-state index is 11.9. The number of hydrogen-bond acceptors (Lipinski definition) is 3. The Kier molecular flexibility index (Phi) is 4.12. The molecule has 0 unspecified atom stereocenters.